The Hall–Kier alpha value is -1.64. The van der Waals surface area contributed by atoms with E-state index in [1.807, 2.05) is 43.0 Å². The van der Waals surface area contributed by atoms with E-state index in [-0.39, 0.29) is 17.9 Å². The zero-order valence-electron chi connectivity index (χ0n) is 10.2. The van der Waals surface area contributed by atoms with Crippen LogP contribution in [0.5, 0.6) is 0 Å². The molecule has 2 atom stereocenters. The maximum Gasteiger partial charge on any atom is 0.226 e. The summed E-state index contributed by atoms with van der Waals surface area (Å²) in [6.07, 6.45) is 2.19. The van der Waals surface area contributed by atoms with Gasteiger partial charge >= 0.3 is 0 Å². The molecule has 17 heavy (non-hydrogen) atoms. The molecule has 1 heterocycles. The number of amides is 1. The summed E-state index contributed by atoms with van der Waals surface area (Å²) in [6, 6.07) is 7.78. The first-order valence-electron chi connectivity index (χ1n) is 6.05. The third-order valence-corrected chi connectivity index (χ3v) is 3.37. The lowest BCUT2D eigenvalue weighted by atomic mass is 9.87. The van der Waals surface area contributed by atoms with Crippen molar-refractivity contribution in [2.75, 3.05) is 4.90 Å². The molecule has 0 fully saturated rings. The Balaban J connectivity index is 2.49. The van der Waals surface area contributed by atoms with Gasteiger partial charge in [0.15, 0.2) is 0 Å². The average Bonchev–Trinajstić information content (AvgIpc) is 2.37. The Morgan fingerprint density at radius 1 is 1.47 bits per heavy atom. The van der Waals surface area contributed by atoms with E-state index in [9.17, 15) is 9.59 Å². The topological polar surface area (TPSA) is 37.4 Å². The van der Waals surface area contributed by atoms with Crippen molar-refractivity contribution < 1.29 is 9.59 Å². The van der Waals surface area contributed by atoms with E-state index < -0.39 is 0 Å². The molecule has 3 heteroatoms. The minimum absolute atomic E-state index is 0.0814. The Morgan fingerprint density at radius 3 is 2.82 bits per heavy atom. The van der Waals surface area contributed by atoms with Gasteiger partial charge in [0, 0.05) is 24.1 Å². The SMILES string of the molecule is CCC(=O)N1c2ccccc2[C@@H](C=O)C[C@@H]1C. The summed E-state index contributed by atoms with van der Waals surface area (Å²) in [7, 11) is 0. The minimum Gasteiger partial charge on any atom is -0.309 e. The van der Waals surface area contributed by atoms with E-state index in [1.54, 1.807) is 0 Å². The molecule has 0 unspecified atom stereocenters. The van der Waals surface area contributed by atoms with Crippen LogP contribution in [0, 0.1) is 0 Å². The van der Waals surface area contributed by atoms with E-state index >= 15 is 0 Å². The molecule has 0 aromatic heterocycles. The molecule has 1 aliphatic heterocycles. The highest BCUT2D eigenvalue weighted by Gasteiger charge is 2.32. The second kappa shape index (κ2) is 4.70. The first kappa shape index (κ1) is 11.8. The zero-order chi connectivity index (χ0) is 12.4. The van der Waals surface area contributed by atoms with E-state index in [4.69, 9.17) is 0 Å². The number of anilines is 1. The predicted molar refractivity (Wildman–Crippen MR) is 67.1 cm³/mol. The van der Waals surface area contributed by atoms with Crippen LogP contribution in [0.25, 0.3) is 0 Å². The lowest BCUT2D eigenvalue weighted by Crippen LogP contribution is -2.43. The zero-order valence-corrected chi connectivity index (χ0v) is 10.2. The van der Waals surface area contributed by atoms with Crippen molar-refractivity contribution in [1.82, 2.24) is 0 Å². The van der Waals surface area contributed by atoms with Gasteiger partial charge in [0.1, 0.15) is 6.29 Å². The van der Waals surface area contributed by atoms with Gasteiger partial charge in [-0.3, -0.25) is 4.79 Å². The molecule has 0 bridgehead atoms. The van der Waals surface area contributed by atoms with Crippen molar-refractivity contribution in [3.8, 4) is 0 Å². The van der Waals surface area contributed by atoms with Gasteiger partial charge in [0.2, 0.25) is 5.91 Å². The molecule has 1 amide bonds. The van der Waals surface area contributed by atoms with Gasteiger partial charge in [-0.25, -0.2) is 0 Å². The number of rotatable bonds is 2. The van der Waals surface area contributed by atoms with Crippen LogP contribution in [0.2, 0.25) is 0 Å². The van der Waals surface area contributed by atoms with Gasteiger partial charge in [-0.05, 0) is 25.0 Å². The molecule has 0 N–H and O–H groups in total. The lowest BCUT2D eigenvalue weighted by Gasteiger charge is -2.37. The normalized spacial score (nSPS) is 23.1. The number of carbonyl (C=O) groups is 2. The largest absolute Gasteiger partial charge is 0.309 e. The molecular formula is C14H17NO2. The van der Waals surface area contributed by atoms with Crippen molar-refractivity contribution in [2.24, 2.45) is 0 Å². The van der Waals surface area contributed by atoms with Crippen LogP contribution >= 0.6 is 0 Å². The molecular weight excluding hydrogens is 214 g/mol. The number of para-hydroxylation sites is 1. The Bertz CT molecular complexity index is 442. The highest BCUT2D eigenvalue weighted by Crippen LogP contribution is 2.37. The van der Waals surface area contributed by atoms with Crippen LogP contribution < -0.4 is 4.90 Å². The summed E-state index contributed by atoms with van der Waals surface area (Å²) in [5, 5.41) is 0. The number of carbonyl (C=O) groups excluding carboxylic acids is 2. The average molecular weight is 231 g/mol. The fraction of sp³-hybridized carbons (Fsp3) is 0.429. The van der Waals surface area contributed by atoms with Crippen LogP contribution in [0.3, 0.4) is 0 Å². The fourth-order valence-electron chi connectivity index (χ4n) is 2.54. The number of hydrogen-bond acceptors (Lipinski definition) is 2. The van der Waals surface area contributed by atoms with Crippen LogP contribution in [0.1, 0.15) is 38.2 Å². The monoisotopic (exact) mass is 231 g/mol. The molecule has 2 rings (SSSR count). The summed E-state index contributed by atoms with van der Waals surface area (Å²) in [5.41, 5.74) is 1.87. The first-order valence-corrected chi connectivity index (χ1v) is 6.05. The fourth-order valence-corrected chi connectivity index (χ4v) is 2.54. The number of benzene rings is 1. The summed E-state index contributed by atoms with van der Waals surface area (Å²) >= 11 is 0. The summed E-state index contributed by atoms with van der Waals surface area (Å²) in [4.78, 5) is 24.9. The molecule has 0 aliphatic carbocycles. The van der Waals surface area contributed by atoms with E-state index in [1.165, 1.54) is 0 Å². The molecule has 1 aromatic rings. The molecule has 0 saturated heterocycles. The maximum absolute atomic E-state index is 12.0. The Labute approximate surface area is 101 Å². The van der Waals surface area contributed by atoms with Gasteiger partial charge in [-0.2, -0.15) is 0 Å². The number of nitrogens with zero attached hydrogens (tertiary/aromatic N) is 1. The van der Waals surface area contributed by atoms with Crippen molar-refractivity contribution in [1.29, 1.82) is 0 Å². The molecule has 3 nitrogen and oxygen atoms in total. The molecule has 90 valence electrons. The van der Waals surface area contributed by atoms with Crippen LogP contribution in [-0.4, -0.2) is 18.2 Å². The molecule has 0 saturated carbocycles. The maximum atomic E-state index is 12.0. The highest BCUT2D eigenvalue weighted by atomic mass is 16.2. The summed E-state index contributed by atoms with van der Waals surface area (Å²) in [5.74, 6) is 0.0383. The van der Waals surface area contributed by atoms with Crippen LogP contribution in [-0.2, 0) is 9.59 Å². The predicted octanol–water partition coefficient (Wildman–Crippen LogP) is 2.50. The van der Waals surface area contributed by atoms with E-state index in [0.717, 1.165) is 17.5 Å². The third-order valence-electron chi connectivity index (χ3n) is 3.37. The third kappa shape index (κ3) is 1.97. The summed E-state index contributed by atoms with van der Waals surface area (Å²) < 4.78 is 0. The van der Waals surface area contributed by atoms with Gasteiger partial charge in [-0.15, -0.1) is 0 Å². The summed E-state index contributed by atoms with van der Waals surface area (Å²) in [6.45, 7) is 3.86. The highest BCUT2D eigenvalue weighted by molar-refractivity contribution is 5.96. The van der Waals surface area contributed by atoms with Crippen molar-refractivity contribution >= 4 is 17.9 Å². The molecule has 1 aromatic carbocycles. The Morgan fingerprint density at radius 2 is 2.18 bits per heavy atom. The van der Waals surface area contributed by atoms with E-state index in [2.05, 4.69) is 0 Å². The number of fused-ring (bicyclic) bond motifs is 1. The van der Waals surface area contributed by atoms with Crippen LogP contribution in [0.15, 0.2) is 24.3 Å². The lowest BCUT2D eigenvalue weighted by molar-refractivity contribution is -0.119. The van der Waals surface area contributed by atoms with Crippen molar-refractivity contribution in [2.45, 2.75) is 38.6 Å². The standard InChI is InChI=1S/C14H17NO2/c1-3-14(17)15-10(2)8-11(9-16)12-6-4-5-7-13(12)15/h4-7,9-11H,3,8H2,1-2H3/t10-,11+/m0/s1. The van der Waals surface area contributed by atoms with Crippen LogP contribution in [0.4, 0.5) is 5.69 Å². The van der Waals surface area contributed by atoms with Gasteiger partial charge < -0.3 is 9.69 Å². The van der Waals surface area contributed by atoms with Gasteiger partial charge in [0.05, 0.1) is 0 Å². The minimum atomic E-state index is -0.0814. The van der Waals surface area contributed by atoms with Crippen molar-refractivity contribution in [3.05, 3.63) is 29.8 Å². The second-order valence-corrected chi connectivity index (χ2v) is 4.50. The van der Waals surface area contributed by atoms with Gasteiger partial charge in [0.25, 0.3) is 0 Å². The van der Waals surface area contributed by atoms with E-state index in [0.29, 0.717) is 12.8 Å². The van der Waals surface area contributed by atoms with Crippen molar-refractivity contribution in [3.63, 3.8) is 0 Å². The number of hydrogen-bond donors (Lipinski definition) is 0. The smallest absolute Gasteiger partial charge is 0.226 e. The van der Waals surface area contributed by atoms with Gasteiger partial charge in [-0.1, -0.05) is 25.1 Å². The Kier molecular flexibility index (Phi) is 3.27. The molecule has 0 spiro atoms. The number of aldehydes is 1. The molecule has 1 aliphatic rings. The molecule has 0 radical (unpaired) electrons. The quantitative estimate of drug-likeness (QED) is 0.733. The first-order chi connectivity index (χ1) is 8.19. The second-order valence-electron chi connectivity index (χ2n) is 4.50.